The molecule has 1 aromatic heterocycles. The predicted octanol–water partition coefficient (Wildman–Crippen LogP) is 0.776. The molecule has 1 aromatic rings. The molecule has 72 valence electrons. The molecule has 1 saturated heterocycles. The van der Waals surface area contributed by atoms with Crippen LogP contribution in [0.15, 0.2) is 10.7 Å². The van der Waals surface area contributed by atoms with Crippen LogP contribution in [0.25, 0.3) is 0 Å². The molecule has 2 rings (SSSR count). The van der Waals surface area contributed by atoms with E-state index in [0.29, 0.717) is 6.54 Å². The second-order valence-corrected chi connectivity index (χ2v) is 3.35. The van der Waals surface area contributed by atoms with E-state index in [0.717, 1.165) is 31.2 Å². The van der Waals surface area contributed by atoms with Gasteiger partial charge in [0.1, 0.15) is 6.26 Å². The number of nitrogens with two attached hydrogens (primary N) is 1. The molecule has 0 atom stereocenters. The molecule has 0 aliphatic carbocycles. The molecule has 0 unspecified atom stereocenters. The van der Waals surface area contributed by atoms with E-state index in [1.54, 1.807) is 6.26 Å². The molecule has 1 aliphatic rings. The van der Waals surface area contributed by atoms with E-state index < -0.39 is 0 Å². The number of aromatic nitrogens is 1. The number of hydrogen-bond donors (Lipinski definition) is 1. The Morgan fingerprint density at radius 1 is 1.46 bits per heavy atom. The van der Waals surface area contributed by atoms with Gasteiger partial charge in [0.05, 0.1) is 5.69 Å². The monoisotopic (exact) mass is 181 g/mol. The van der Waals surface area contributed by atoms with Crippen LogP contribution in [-0.2, 0) is 6.42 Å². The summed E-state index contributed by atoms with van der Waals surface area (Å²) < 4.78 is 5.36. The summed E-state index contributed by atoms with van der Waals surface area (Å²) in [6, 6.07) is 0.765. The van der Waals surface area contributed by atoms with Crippen LogP contribution in [0.3, 0.4) is 0 Å². The highest BCUT2D eigenvalue weighted by atomic mass is 16.4. The van der Waals surface area contributed by atoms with Crippen molar-refractivity contribution in [2.45, 2.75) is 19.3 Å². The highest BCUT2D eigenvalue weighted by molar-refractivity contribution is 5.28. The van der Waals surface area contributed by atoms with Crippen LogP contribution < -0.4 is 10.6 Å². The van der Waals surface area contributed by atoms with Crippen molar-refractivity contribution in [2.24, 2.45) is 5.73 Å². The first-order valence-electron chi connectivity index (χ1n) is 4.79. The summed E-state index contributed by atoms with van der Waals surface area (Å²) in [6.07, 6.45) is 5.00. The molecule has 4 heteroatoms. The summed E-state index contributed by atoms with van der Waals surface area (Å²) in [5, 5.41) is 0. The summed E-state index contributed by atoms with van der Waals surface area (Å²) in [7, 11) is 0. The molecule has 0 aromatic carbocycles. The van der Waals surface area contributed by atoms with Crippen LogP contribution in [0, 0.1) is 0 Å². The lowest BCUT2D eigenvalue weighted by atomic mass is 10.3. The van der Waals surface area contributed by atoms with Crippen LogP contribution in [0.2, 0.25) is 0 Å². The average molecular weight is 181 g/mol. The Bertz CT molecular complexity index is 266. The van der Waals surface area contributed by atoms with Gasteiger partial charge < -0.3 is 15.1 Å². The molecular weight excluding hydrogens is 166 g/mol. The van der Waals surface area contributed by atoms with E-state index in [9.17, 15) is 0 Å². The van der Waals surface area contributed by atoms with E-state index in [1.165, 1.54) is 12.8 Å². The zero-order valence-corrected chi connectivity index (χ0v) is 7.70. The van der Waals surface area contributed by atoms with E-state index in [2.05, 4.69) is 9.88 Å². The average Bonchev–Trinajstić information content (AvgIpc) is 2.70. The van der Waals surface area contributed by atoms with Crippen molar-refractivity contribution in [1.29, 1.82) is 0 Å². The SMILES string of the molecule is NCCc1coc(N2CCCC2)n1. The number of rotatable bonds is 3. The van der Waals surface area contributed by atoms with E-state index in [1.807, 2.05) is 0 Å². The Labute approximate surface area is 77.7 Å². The second-order valence-electron chi connectivity index (χ2n) is 3.35. The van der Waals surface area contributed by atoms with Gasteiger partial charge in [0.25, 0.3) is 6.01 Å². The smallest absolute Gasteiger partial charge is 0.297 e. The van der Waals surface area contributed by atoms with Crippen LogP contribution >= 0.6 is 0 Å². The maximum Gasteiger partial charge on any atom is 0.297 e. The minimum Gasteiger partial charge on any atom is -0.432 e. The van der Waals surface area contributed by atoms with Gasteiger partial charge in [0.15, 0.2) is 0 Å². The Balaban J connectivity index is 2.03. The lowest BCUT2D eigenvalue weighted by molar-refractivity contribution is 0.546. The van der Waals surface area contributed by atoms with Crippen molar-refractivity contribution in [1.82, 2.24) is 4.98 Å². The number of nitrogens with zero attached hydrogens (tertiary/aromatic N) is 2. The Kier molecular flexibility index (Phi) is 2.49. The third-order valence-corrected chi connectivity index (χ3v) is 2.32. The topological polar surface area (TPSA) is 55.3 Å². The van der Waals surface area contributed by atoms with Gasteiger partial charge in [-0.05, 0) is 19.4 Å². The van der Waals surface area contributed by atoms with Crippen molar-refractivity contribution < 1.29 is 4.42 Å². The van der Waals surface area contributed by atoms with Gasteiger partial charge in [-0.1, -0.05) is 0 Å². The molecular formula is C9H15N3O. The summed E-state index contributed by atoms with van der Waals surface area (Å²) in [5.41, 5.74) is 6.39. The zero-order valence-electron chi connectivity index (χ0n) is 7.70. The molecule has 13 heavy (non-hydrogen) atoms. The molecule has 0 amide bonds. The quantitative estimate of drug-likeness (QED) is 0.748. The maximum absolute atomic E-state index is 5.43. The van der Waals surface area contributed by atoms with Gasteiger partial charge in [0.2, 0.25) is 0 Å². The molecule has 2 heterocycles. The number of oxazole rings is 1. The molecule has 4 nitrogen and oxygen atoms in total. The zero-order chi connectivity index (χ0) is 9.10. The molecule has 0 saturated carbocycles. The molecule has 2 N–H and O–H groups in total. The van der Waals surface area contributed by atoms with Gasteiger partial charge in [0, 0.05) is 19.5 Å². The van der Waals surface area contributed by atoms with Crippen molar-refractivity contribution in [3.05, 3.63) is 12.0 Å². The molecule has 1 fully saturated rings. The first-order chi connectivity index (χ1) is 6.40. The summed E-state index contributed by atoms with van der Waals surface area (Å²) >= 11 is 0. The lowest BCUT2D eigenvalue weighted by Gasteiger charge is -2.10. The lowest BCUT2D eigenvalue weighted by Crippen LogP contribution is -2.17. The van der Waals surface area contributed by atoms with Crippen molar-refractivity contribution >= 4 is 6.01 Å². The number of hydrogen-bond acceptors (Lipinski definition) is 4. The van der Waals surface area contributed by atoms with Gasteiger partial charge in [-0.3, -0.25) is 0 Å². The Hall–Kier alpha value is -1.03. The fourth-order valence-corrected chi connectivity index (χ4v) is 1.61. The van der Waals surface area contributed by atoms with Crippen LogP contribution in [0.1, 0.15) is 18.5 Å². The third kappa shape index (κ3) is 1.83. The van der Waals surface area contributed by atoms with E-state index >= 15 is 0 Å². The minimum atomic E-state index is 0.631. The predicted molar refractivity (Wildman–Crippen MR) is 50.7 cm³/mol. The van der Waals surface area contributed by atoms with Crippen molar-refractivity contribution in [3.63, 3.8) is 0 Å². The highest BCUT2D eigenvalue weighted by Crippen LogP contribution is 2.18. The fraction of sp³-hybridized carbons (Fsp3) is 0.667. The highest BCUT2D eigenvalue weighted by Gasteiger charge is 2.16. The van der Waals surface area contributed by atoms with E-state index in [4.69, 9.17) is 10.2 Å². The van der Waals surface area contributed by atoms with Gasteiger partial charge in [-0.15, -0.1) is 0 Å². The normalized spacial score (nSPS) is 16.8. The first-order valence-corrected chi connectivity index (χ1v) is 4.79. The third-order valence-electron chi connectivity index (χ3n) is 2.32. The maximum atomic E-state index is 5.43. The Morgan fingerprint density at radius 2 is 2.23 bits per heavy atom. The molecule has 0 radical (unpaired) electrons. The molecule has 0 bridgehead atoms. The summed E-state index contributed by atoms with van der Waals surface area (Å²) in [5.74, 6) is 0. The van der Waals surface area contributed by atoms with E-state index in [-0.39, 0.29) is 0 Å². The van der Waals surface area contributed by atoms with Gasteiger partial charge in [-0.25, -0.2) is 0 Å². The minimum absolute atomic E-state index is 0.631. The molecule has 0 spiro atoms. The van der Waals surface area contributed by atoms with Crippen LogP contribution in [0.5, 0.6) is 0 Å². The molecule has 1 aliphatic heterocycles. The van der Waals surface area contributed by atoms with Gasteiger partial charge in [-0.2, -0.15) is 4.98 Å². The second kappa shape index (κ2) is 3.79. The number of anilines is 1. The summed E-state index contributed by atoms with van der Waals surface area (Å²) in [6.45, 7) is 2.77. The first kappa shape index (κ1) is 8.56. The van der Waals surface area contributed by atoms with Crippen molar-refractivity contribution in [2.75, 3.05) is 24.5 Å². The standard InChI is InChI=1S/C9H15N3O/c10-4-3-8-7-13-9(11-8)12-5-1-2-6-12/h7H,1-6,10H2. The summed E-state index contributed by atoms with van der Waals surface area (Å²) in [4.78, 5) is 6.54. The van der Waals surface area contributed by atoms with Gasteiger partial charge >= 0.3 is 0 Å². The van der Waals surface area contributed by atoms with Crippen molar-refractivity contribution in [3.8, 4) is 0 Å². The Morgan fingerprint density at radius 3 is 2.92 bits per heavy atom. The fourth-order valence-electron chi connectivity index (χ4n) is 1.61. The van der Waals surface area contributed by atoms with Crippen LogP contribution in [0.4, 0.5) is 6.01 Å². The van der Waals surface area contributed by atoms with Crippen LogP contribution in [-0.4, -0.2) is 24.6 Å². The largest absolute Gasteiger partial charge is 0.432 e.